The van der Waals surface area contributed by atoms with E-state index in [0.29, 0.717) is 11.6 Å². The number of piperidine rings is 1. The van der Waals surface area contributed by atoms with E-state index in [2.05, 4.69) is 46.4 Å². The number of nitriles is 1. The summed E-state index contributed by atoms with van der Waals surface area (Å²) in [6, 6.07) is 16.4. The summed E-state index contributed by atoms with van der Waals surface area (Å²) < 4.78 is 0. The van der Waals surface area contributed by atoms with Crippen molar-refractivity contribution >= 4 is 22.8 Å². The van der Waals surface area contributed by atoms with Gasteiger partial charge in [0.25, 0.3) is 0 Å². The van der Waals surface area contributed by atoms with Crippen LogP contribution in [0.2, 0.25) is 0 Å². The molecule has 0 spiro atoms. The second kappa shape index (κ2) is 10.5. The van der Waals surface area contributed by atoms with Crippen molar-refractivity contribution in [1.82, 2.24) is 14.9 Å². The highest BCUT2D eigenvalue weighted by molar-refractivity contribution is 7.11. The van der Waals surface area contributed by atoms with Gasteiger partial charge in [-0.15, -0.1) is 11.3 Å². The van der Waals surface area contributed by atoms with Crippen molar-refractivity contribution in [2.75, 3.05) is 18.4 Å². The Hall–Kier alpha value is -2.75. The minimum atomic E-state index is 0.416. The molecule has 0 amide bonds. The largest absolute Gasteiger partial charge is 0.339 e. The van der Waals surface area contributed by atoms with Gasteiger partial charge >= 0.3 is 0 Å². The molecule has 1 fully saturated rings. The zero-order chi connectivity index (χ0) is 21.5. The van der Waals surface area contributed by atoms with Crippen molar-refractivity contribution in [3.63, 3.8) is 0 Å². The van der Waals surface area contributed by atoms with E-state index >= 15 is 0 Å². The van der Waals surface area contributed by atoms with Gasteiger partial charge in [-0.25, -0.2) is 9.97 Å². The first-order valence-electron chi connectivity index (χ1n) is 11.1. The number of unbranched alkanes of at least 4 members (excludes halogenated alkanes) is 1. The molecule has 0 bridgehead atoms. The topological polar surface area (TPSA) is 64.8 Å². The Morgan fingerprint density at radius 3 is 2.71 bits per heavy atom. The van der Waals surface area contributed by atoms with E-state index in [4.69, 9.17) is 10.2 Å². The maximum atomic E-state index is 8.88. The Kier molecular flexibility index (Phi) is 7.29. The summed E-state index contributed by atoms with van der Waals surface area (Å²) >= 11 is 1.98. The molecule has 0 aromatic carbocycles. The summed E-state index contributed by atoms with van der Waals surface area (Å²) in [7, 11) is 0. The Labute approximate surface area is 188 Å². The number of anilines is 2. The second-order valence-electron chi connectivity index (χ2n) is 8.14. The molecule has 4 rings (SSSR count). The van der Waals surface area contributed by atoms with E-state index in [1.54, 1.807) is 12.3 Å². The maximum Gasteiger partial charge on any atom is 0.140 e. The number of hydrogen-bond donors (Lipinski definition) is 1. The van der Waals surface area contributed by atoms with Crippen LogP contribution in [0.1, 0.15) is 59.7 Å². The SMILES string of the molecule is CCCCc1ccc(CN2CCC(c3cccc(Nc4ccc(C#N)nc4)n3)CC2)s1. The number of aromatic nitrogens is 2. The zero-order valence-electron chi connectivity index (χ0n) is 18.1. The van der Waals surface area contributed by atoms with E-state index in [-0.39, 0.29) is 0 Å². The zero-order valence-corrected chi connectivity index (χ0v) is 18.9. The number of rotatable bonds is 8. The molecule has 3 aromatic heterocycles. The molecule has 5 nitrogen and oxygen atoms in total. The molecule has 0 radical (unpaired) electrons. The van der Waals surface area contributed by atoms with Gasteiger partial charge in [0.05, 0.1) is 11.9 Å². The molecular formula is C25H29N5S. The molecule has 0 saturated carbocycles. The van der Waals surface area contributed by atoms with Crippen LogP contribution in [-0.2, 0) is 13.0 Å². The average molecular weight is 432 g/mol. The number of aryl methyl sites for hydroxylation is 1. The highest BCUT2D eigenvalue weighted by atomic mass is 32.1. The molecule has 6 heteroatoms. The monoisotopic (exact) mass is 431 g/mol. The van der Waals surface area contributed by atoms with E-state index in [1.807, 2.05) is 29.5 Å². The summed E-state index contributed by atoms with van der Waals surface area (Å²) in [6.07, 6.45) is 7.72. The van der Waals surface area contributed by atoms with E-state index in [9.17, 15) is 0 Å². The van der Waals surface area contributed by atoms with Gasteiger partial charge < -0.3 is 5.32 Å². The predicted octanol–water partition coefficient (Wildman–Crippen LogP) is 5.88. The fourth-order valence-electron chi connectivity index (χ4n) is 4.03. The average Bonchev–Trinajstić information content (AvgIpc) is 3.26. The number of pyridine rings is 2. The minimum Gasteiger partial charge on any atom is -0.339 e. The molecule has 0 atom stereocenters. The van der Waals surface area contributed by atoms with Crippen molar-refractivity contribution < 1.29 is 0 Å². The third kappa shape index (κ3) is 5.90. The standard InChI is InChI=1S/C25H29N5S/c1-2-3-5-22-10-11-23(31-22)18-30-14-12-19(13-15-30)24-6-4-7-25(29-24)28-21-9-8-20(16-26)27-17-21/h4,6-11,17,19H,2-3,5,12-15,18H2,1H3,(H,28,29). The van der Waals surface area contributed by atoms with Crippen LogP contribution in [-0.4, -0.2) is 28.0 Å². The number of hydrogen-bond acceptors (Lipinski definition) is 6. The first-order valence-corrected chi connectivity index (χ1v) is 11.9. The van der Waals surface area contributed by atoms with Crippen LogP contribution < -0.4 is 5.32 Å². The van der Waals surface area contributed by atoms with Crippen LogP contribution in [0.25, 0.3) is 0 Å². The normalized spacial score (nSPS) is 15.0. The summed E-state index contributed by atoms with van der Waals surface area (Å²) in [5.41, 5.74) is 2.41. The van der Waals surface area contributed by atoms with Gasteiger partial charge in [-0.05, 0) is 75.2 Å². The quantitative estimate of drug-likeness (QED) is 0.483. The highest BCUT2D eigenvalue weighted by Gasteiger charge is 2.22. The third-order valence-corrected chi connectivity index (χ3v) is 6.93. The van der Waals surface area contributed by atoms with Crippen LogP contribution in [0.4, 0.5) is 11.5 Å². The Bertz CT molecular complexity index is 1010. The van der Waals surface area contributed by atoms with Crippen molar-refractivity contribution in [2.24, 2.45) is 0 Å². The minimum absolute atomic E-state index is 0.416. The highest BCUT2D eigenvalue weighted by Crippen LogP contribution is 2.29. The van der Waals surface area contributed by atoms with E-state index < -0.39 is 0 Å². The molecule has 3 aromatic rings. The summed E-state index contributed by atoms with van der Waals surface area (Å²) in [5, 5.41) is 12.2. The van der Waals surface area contributed by atoms with Gasteiger partial charge in [-0.2, -0.15) is 5.26 Å². The summed E-state index contributed by atoms with van der Waals surface area (Å²) in [5.74, 6) is 1.32. The molecule has 4 heterocycles. The van der Waals surface area contributed by atoms with Crippen LogP contribution in [0, 0.1) is 11.3 Å². The van der Waals surface area contributed by atoms with Crippen molar-refractivity contribution in [3.8, 4) is 6.07 Å². The van der Waals surface area contributed by atoms with Crippen molar-refractivity contribution in [3.05, 3.63) is 69.8 Å². The van der Waals surface area contributed by atoms with Crippen LogP contribution >= 0.6 is 11.3 Å². The van der Waals surface area contributed by atoms with Gasteiger partial charge in [-0.3, -0.25) is 4.90 Å². The predicted molar refractivity (Wildman–Crippen MR) is 127 cm³/mol. The van der Waals surface area contributed by atoms with Gasteiger partial charge in [0.2, 0.25) is 0 Å². The number of thiophene rings is 1. The molecular weight excluding hydrogens is 402 g/mol. The smallest absolute Gasteiger partial charge is 0.140 e. The van der Waals surface area contributed by atoms with Gasteiger partial charge in [0.15, 0.2) is 0 Å². The lowest BCUT2D eigenvalue weighted by Gasteiger charge is -2.31. The summed E-state index contributed by atoms with van der Waals surface area (Å²) in [6.45, 7) is 5.56. The van der Waals surface area contributed by atoms with Crippen molar-refractivity contribution in [1.29, 1.82) is 5.26 Å². The molecule has 160 valence electrons. The molecule has 31 heavy (non-hydrogen) atoms. The van der Waals surface area contributed by atoms with Gasteiger partial charge in [-0.1, -0.05) is 19.4 Å². The van der Waals surface area contributed by atoms with Crippen LogP contribution in [0.15, 0.2) is 48.7 Å². The first kappa shape index (κ1) is 21.5. The van der Waals surface area contributed by atoms with E-state index in [1.165, 1.54) is 29.0 Å². The number of likely N-dealkylation sites (tertiary alicyclic amines) is 1. The molecule has 1 N–H and O–H groups in total. The van der Waals surface area contributed by atoms with Crippen LogP contribution in [0.3, 0.4) is 0 Å². The lowest BCUT2D eigenvalue weighted by Crippen LogP contribution is -2.32. The summed E-state index contributed by atoms with van der Waals surface area (Å²) in [4.78, 5) is 14.6. The molecule has 0 aliphatic carbocycles. The molecule has 1 saturated heterocycles. The number of nitrogens with one attached hydrogen (secondary N) is 1. The Balaban J connectivity index is 1.30. The van der Waals surface area contributed by atoms with E-state index in [0.717, 1.165) is 49.7 Å². The number of nitrogens with zero attached hydrogens (tertiary/aromatic N) is 4. The van der Waals surface area contributed by atoms with Gasteiger partial charge in [0, 0.05) is 27.9 Å². The molecule has 1 aliphatic heterocycles. The Morgan fingerprint density at radius 1 is 1.13 bits per heavy atom. The fourth-order valence-corrected chi connectivity index (χ4v) is 5.13. The molecule has 1 aliphatic rings. The lowest BCUT2D eigenvalue weighted by molar-refractivity contribution is 0.205. The lowest BCUT2D eigenvalue weighted by atomic mass is 9.93. The maximum absolute atomic E-state index is 8.88. The van der Waals surface area contributed by atoms with Crippen LogP contribution in [0.5, 0.6) is 0 Å². The first-order chi connectivity index (χ1) is 15.2. The fraction of sp³-hybridized carbons (Fsp3) is 0.400. The molecule has 0 unspecified atom stereocenters. The van der Waals surface area contributed by atoms with Gasteiger partial charge in [0.1, 0.15) is 17.6 Å². The van der Waals surface area contributed by atoms with Crippen molar-refractivity contribution in [2.45, 2.75) is 51.5 Å². The third-order valence-electron chi connectivity index (χ3n) is 5.80. The Morgan fingerprint density at radius 2 is 1.97 bits per heavy atom. The second-order valence-corrected chi connectivity index (χ2v) is 9.39.